The second-order valence-corrected chi connectivity index (χ2v) is 4.17. The Labute approximate surface area is 84.9 Å². The molecule has 0 radical (unpaired) electrons. The molecule has 1 aliphatic heterocycles. The van der Waals surface area contributed by atoms with Crippen LogP contribution in [0.15, 0.2) is 24.4 Å². The summed E-state index contributed by atoms with van der Waals surface area (Å²) in [4.78, 5) is 6.67. The number of pyridine rings is 1. The second kappa shape index (κ2) is 4.07. The Morgan fingerprint density at radius 1 is 1.43 bits per heavy atom. The summed E-state index contributed by atoms with van der Waals surface area (Å²) in [7, 11) is 2.12. The van der Waals surface area contributed by atoms with Crippen LogP contribution in [0, 0.1) is 0 Å². The largest absolute Gasteiger partial charge is 0.327 e. The van der Waals surface area contributed by atoms with Crippen LogP contribution in [0.4, 0.5) is 0 Å². The molecule has 2 N–H and O–H groups in total. The summed E-state index contributed by atoms with van der Waals surface area (Å²) in [5.74, 6) is 0.505. The summed E-state index contributed by atoms with van der Waals surface area (Å²) in [6, 6.07) is 6.38. The fourth-order valence-electron chi connectivity index (χ4n) is 2.20. The van der Waals surface area contributed by atoms with Crippen molar-refractivity contribution in [3.05, 3.63) is 30.1 Å². The second-order valence-electron chi connectivity index (χ2n) is 4.17. The molecule has 2 heterocycles. The van der Waals surface area contributed by atoms with Crippen molar-refractivity contribution in [1.82, 2.24) is 9.88 Å². The van der Waals surface area contributed by atoms with Crippen LogP contribution in [-0.2, 0) is 0 Å². The highest BCUT2D eigenvalue weighted by molar-refractivity contribution is 5.11. The first kappa shape index (κ1) is 9.62. The Morgan fingerprint density at radius 2 is 2.29 bits per heavy atom. The molecule has 2 atom stereocenters. The maximum Gasteiger partial charge on any atom is 0.0447 e. The molecule has 3 heteroatoms. The third kappa shape index (κ3) is 2.11. The quantitative estimate of drug-likeness (QED) is 0.715. The number of likely N-dealkylation sites (N-methyl/N-ethyl adjacent to an activating group) is 1. The summed E-state index contributed by atoms with van der Waals surface area (Å²) >= 11 is 0. The fourth-order valence-corrected chi connectivity index (χ4v) is 2.20. The van der Waals surface area contributed by atoms with Gasteiger partial charge in [0.1, 0.15) is 0 Å². The highest BCUT2D eigenvalue weighted by Crippen LogP contribution is 2.23. The van der Waals surface area contributed by atoms with Gasteiger partial charge in [-0.3, -0.25) is 4.98 Å². The molecule has 1 saturated heterocycles. The molecule has 0 aromatic carbocycles. The van der Waals surface area contributed by atoms with E-state index < -0.39 is 0 Å². The van der Waals surface area contributed by atoms with E-state index in [-0.39, 0.29) is 0 Å². The molecule has 1 aromatic heterocycles. The molecule has 0 saturated carbocycles. The van der Waals surface area contributed by atoms with Gasteiger partial charge in [0.15, 0.2) is 0 Å². The van der Waals surface area contributed by atoms with Crippen molar-refractivity contribution in [3.8, 4) is 0 Å². The van der Waals surface area contributed by atoms with Gasteiger partial charge < -0.3 is 10.6 Å². The number of nitrogens with zero attached hydrogens (tertiary/aromatic N) is 2. The highest BCUT2D eigenvalue weighted by Gasteiger charge is 2.24. The Balaban J connectivity index is 2.11. The fraction of sp³-hybridized carbons (Fsp3) is 0.545. The smallest absolute Gasteiger partial charge is 0.0447 e. The van der Waals surface area contributed by atoms with Gasteiger partial charge in [0.25, 0.3) is 0 Å². The van der Waals surface area contributed by atoms with Crippen LogP contribution < -0.4 is 5.73 Å². The maximum atomic E-state index is 5.98. The number of hydrogen-bond donors (Lipinski definition) is 1. The van der Waals surface area contributed by atoms with E-state index in [1.54, 1.807) is 0 Å². The van der Waals surface area contributed by atoms with Crippen LogP contribution in [0.5, 0.6) is 0 Å². The first-order chi connectivity index (χ1) is 6.75. The van der Waals surface area contributed by atoms with E-state index in [1.165, 1.54) is 5.69 Å². The molecule has 1 aliphatic rings. The topological polar surface area (TPSA) is 42.1 Å². The van der Waals surface area contributed by atoms with Crippen LogP contribution >= 0.6 is 0 Å². The van der Waals surface area contributed by atoms with Gasteiger partial charge in [0, 0.05) is 36.9 Å². The first-order valence-corrected chi connectivity index (χ1v) is 5.11. The first-order valence-electron chi connectivity index (χ1n) is 5.11. The lowest BCUT2D eigenvalue weighted by molar-refractivity contribution is 0.225. The van der Waals surface area contributed by atoms with Gasteiger partial charge in [0.05, 0.1) is 0 Å². The molecule has 0 aliphatic carbocycles. The molecule has 0 bridgehead atoms. The van der Waals surface area contributed by atoms with Crippen LogP contribution in [0.25, 0.3) is 0 Å². The van der Waals surface area contributed by atoms with Gasteiger partial charge in [-0.05, 0) is 25.6 Å². The van der Waals surface area contributed by atoms with Crippen molar-refractivity contribution >= 4 is 0 Å². The van der Waals surface area contributed by atoms with Gasteiger partial charge in [-0.2, -0.15) is 0 Å². The number of rotatable bonds is 1. The minimum Gasteiger partial charge on any atom is -0.327 e. The van der Waals surface area contributed by atoms with Crippen LogP contribution in [0.2, 0.25) is 0 Å². The third-order valence-corrected chi connectivity index (χ3v) is 2.77. The SMILES string of the molecule is CN1CC(N)CC(c2ccccn2)C1. The van der Waals surface area contributed by atoms with Gasteiger partial charge in [-0.25, -0.2) is 0 Å². The number of hydrogen-bond acceptors (Lipinski definition) is 3. The van der Waals surface area contributed by atoms with E-state index in [0.29, 0.717) is 12.0 Å². The van der Waals surface area contributed by atoms with E-state index in [9.17, 15) is 0 Å². The van der Waals surface area contributed by atoms with E-state index in [2.05, 4.69) is 23.0 Å². The van der Waals surface area contributed by atoms with Crippen molar-refractivity contribution < 1.29 is 0 Å². The predicted octanol–water partition coefficient (Wildman–Crippen LogP) is 0.828. The number of aromatic nitrogens is 1. The summed E-state index contributed by atoms with van der Waals surface area (Å²) in [6.45, 7) is 2.08. The molecule has 76 valence electrons. The van der Waals surface area contributed by atoms with Gasteiger partial charge in [-0.15, -0.1) is 0 Å². The standard InChI is InChI=1S/C11H17N3/c1-14-7-9(6-10(12)8-14)11-4-2-3-5-13-11/h2-5,9-10H,6-8,12H2,1H3. The van der Waals surface area contributed by atoms with Gasteiger partial charge in [0.2, 0.25) is 0 Å². The van der Waals surface area contributed by atoms with Crippen molar-refractivity contribution in [1.29, 1.82) is 0 Å². The zero-order valence-electron chi connectivity index (χ0n) is 8.56. The zero-order chi connectivity index (χ0) is 9.97. The van der Waals surface area contributed by atoms with Crippen LogP contribution in [-0.4, -0.2) is 36.1 Å². The molecule has 14 heavy (non-hydrogen) atoms. The number of piperidine rings is 1. The van der Waals surface area contributed by atoms with Gasteiger partial charge >= 0.3 is 0 Å². The Hall–Kier alpha value is -0.930. The zero-order valence-corrected chi connectivity index (χ0v) is 8.56. The monoisotopic (exact) mass is 191 g/mol. The Kier molecular flexibility index (Phi) is 2.79. The number of likely N-dealkylation sites (tertiary alicyclic amines) is 1. The van der Waals surface area contributed by atoms with Crippen molar-refractivity contribution in [2.45, 2.75) is 18.4 Å². The van der Waals surface area contributed by atoms with Crippen LogP contribution in [0.3, 0.4) is 0 Å². The molecule has 2 rings (SSSR count). The highest BCUT2D eigenvalue weighted by atomic mass is 15.1. The summed E-state index contributed by atoms with van der Waals surface area (Å²) < 4.78 is 0. The minimum absolute atomic E-state index is 0.292. The van der Waals surface area contributed by atoms with Crippen LogP contribution in [0.1, 0.15) is 18.0 Å². The lowest BCUT2D eigenvalue weighted by atomic mass is 9.92. The molecule has 0 amide bonds. The Bertz CT molecular complexity index is 276. The normalized spacial score (nSPS) is 29.0. The summed E-state index contributed by atoms with van der Waals surface area (Å²) in [5, 5.41) is 0. The molecule has 1 aromatic rings. The molecular weight excluding hydrogens is 174 g/mol. The summed E-state index contributed by atoms with van der Waals surface area (Å²) in [5.41, 5.74) is 7.16. The maximum absolute atomic E-state index is 5.98. The van der Waals surface area contributed by atoms with Crippen molar-refractivity contribution in [2.75, 3.05) is 20.1 Å². The van der Waals surface area contributed by atoms with E-state index in [0.717, 1.165) is 19.5 Å². The molecule has 0 spiro atoms. The summed E-state index contributed by atoms with van der Waals surface area (Å²) in [6.07, 6.45) is 2.91. The lowest BCUT2D eigenvalue weighted by Crippen LogP contribution is -2.44. The lowest BCUT2D eigenvalue weighted by Gasteiger charge is -2.33. The van der Waals surface area contributed by atoms with E-state index >= 15 is 0 Å². The number of nitrogens with two attached hydrogens (primary N) is 1. The van der Waals surface area contributed by atoms with Gasteiger partial charge in [-0.1, -0.05) is 6.07 Å². The Morgan fingerprint density at radius 3 is 2.93 bits per heavy atom. The molecular formula is C11H17N3. The van der Waals surface area contributed by atoms with E-state index in [1.807, 2.05) is 18.3 Å². The molecule has 3 nitrogen and oxygen atoms in total. The van der Waals surface area contributed by atoms with Crippen molar-refractivity contribution in [3.63, 3.8) is 0 Å². The minimum atomic E-state index is 0.292. The predicted molar refractivity (Wildman–Crippen MR) is 57.1 cm³/mol. The van der Waals surface area contributed by atoms with E-state index in [4.69, 9.17) is 5.73 Å². The average molecular weight is 191 g/mol. The third-order valence-electron chi connectivity index (χ3n) is 2.77. The molecule has 2 unspecified atom stereocenters. The average Bonchev–Trinajstić information content (AvgIpc) is 2.18. The molecule has 1 fully saturated rings. The van der Waals surface area contributed by atoms with Crippen molar-refractivity contribution in [2.24, 2.45) is 5.73 Å².